The highest BCUT2D eigenvalue weighted by Crippen LogP contribution is 2.19. The number of carbonyl (C=O) groups is 2. The van der Waals surface area contributed by atoms with E-state index in [9.17, 15) is 9.59 Å². The Morgan fingerprint density at radius 2 is 2.18 bits per heavy atom. The minimum absolute atomic E-state index is 0.0353. The number of hydrogen-bond donors (Lipinski definition) is 1. The molecule has 22 heavy (non-hydrogen) atoms. The van der Waals surface area contributed by atoms with Crippen LogP contribution < -0.4 is 5.32 Å². The van der Waals surface area contributed by atoms with Crippen molar-refractivity contribution in [3.05, 3.63) is 21.8 Å². The molecule has 8 heteroatoms. The second-order valence-electron chi connectivity index (χ2n) is 5.25. The summed E-state index contributed by atoms with van der Waals surface area (Å²) in [7, 11) is 2.90. The molecule has 2 N–H and O–H groups in total. The Balaban J connectivity index is 2.61. The summed E-state index contributed by atoms with van der Waals surface area (Å²) < 4.78 is 4.63. The number of methoxy groups -OCH3 is 1. The van der Waals surface area contributed by atoms with E-state index in [2.05, 4.69) is 28.9 Å². The van der Waals surface area contributed by atoms with E-state index in [1.165, 1.54) is 12.0 Å². The van der Waals surface area contributed by atoms with Gasteiger partial charge in [0, 0.05) is 18.3 Å². The first kappa shape index (κ1) is 18.4. The summed E-state index contributed by atoms with van der Waals surface area (Å²) >= 11 is 1.57. The Morgan fingerprint density at radius 1 is 1.50 bits per heavy atom. The maximum absolute atomic E-state index is 12.1. The molecule has 0 aliphatic carbocycles. The fourth-order valence-electron chi connectivity index (χ4n) is 1.77. The van der Waals surface area contributed by atoms with Crippen molar-refractivity contribution in [2.75, 3.05) is 20.7 Å². The van der Waals surface area contributed by atoms with Gasteiger partial charge in [-0.15, -0.1) is 17.9 Å². The van der Waals surface area contributed by atoms with Crippen LogP contribution in [0.5, 0.6) is 0 Å². The van der Waals surface area contributed by atoms with E-state index < -0.39 is 12.0 Å². The number of hydrogen-bond acceptors (Lipinski definition) is 5. The fraction of sp³-hybridized carbons (Fsp3) is 0.643. The molecule has 2 amide bonds. The van der Waals surface area contributed by atoms with E-state index in [-0.39, 0.29) is 19.0 Å². The van der Waals surface area contributed by atoms with E-state index >= 15 is 0 Å². The summed E-state index contributed by atoms with van der Waals surface area (Å²) in [6.07, 6.45) is 0.223. The van der Waals surface area contributed by atoms with Gasteiger partial charge in [0.25, 0.3) is 0 Å². The van der Waals surface area contributed by atoms with Gasteiger partial charge in [0.2, 0.25) is 0 Å². The Bertz CT molecular complexity index is 504. The Kier molecular flexibility index (Phi) is 7.26. The van der Waals surface area contributed by atoms with Gasteiger partial charge in [-0.2, -0.15) is 0 Å². The van der Waals surface area contributed by atoms with Gasteiger partial charge in [0.05, 0.1) is 24.4 Å². The highest BCUT2D eigenvalue weighted by Gasteiger charge is 2.22. The number of rotatable bonds is 7. The van der Waals surface area contributed by atoms with E-state index in [1.807, 2.05) is 5.38 Å². The highest BCUT2D eigenvalue weighted by molar-refractivity contribution is 7.09. The topological polar surface area (TPSA) is 95.3 Å². The number of urea groups is 1. The van der Waals surface area contributed by atoms with Crippen molar-refractivity contribution >= 4 is 23.3 Å². The van der Waals surface area contributed by atoms with Crippen molar-refractivity contribution in [2.24, 2.45) is 0 Å². The smallest absolute Gasteiger partial charge is 0.328 e. The van der Waals surface area contributed by atoms with Crippen LogP contribution in [0.1, 0.15) is 36.9 Å². The van der Waals surface area contributed by atoms with Crippen LogP contribution in [-0.2, 0) is 16.1 Å². The maximum Gasteiger partial charge on any atom is 0.328 e. The zero-order chi connectivity index (χ0) is 16.7. The maximum atomic E-state index is 12.1. The van der Waals surface area contributed by atoms with Gasteiger partial charge in [0.1, 0.15) is 6.04 Å². The third-order valence-electron chi connectivity index (χ3n) is 3.03. The van der Waals surface area contributed by atoms with Gasteiger partial charge in [-0.05, 0) is 6.42 Å². The summed E-state index contributed by atoms with van der Waals surface area (Å²) in [6, 6.07) is -1.18. The van der Waals surface area contributed by atoms with Crippen molar-refractivity contribution < 1.29 is 14.3 Å². The van der Waals surface area contributed by atoms with Crippen LogP contribution in [0.3, 0.4) is 0 Å². The number of esters is 1. The van der Waals surface area contributed by atoms with Crippen molar-refractivity contribution in [1.29, 1.82) is 0 Å². The normalized spacial score (nSPS) is 12.1. The van der Waals surface area contributed by atoms with E-state index in [1.54, 1.807) is 18.4 Å². The fourth-order valence-corrected chi connectivity index (χ4v) is 2.60. The van der Waals surface area contributed by atoms with Crippen LogP contribution in [0, 0.1) is 0 Å². The number of thiazole rings is 1. The average Bonchev–Trinajstić information content (AvgIpc) is 2.94. The van der Waals surface area contributed by atoms with Gasteiger partial charge >= 0.3 is 12.0 Å². The molecule has 1 heterocycles. The molecule has 0 saturated carbocycles. The monoisotopic (exact) mass is 327 g/mol. The molecule has 1 aromatic heterocycles. The van der Waals surface area contributed by atoms with Gasteiger partial charge in [-0.1, -0.05) is 13.8 Å². The zero-order valence-electron chi connectivity index (χ0n) is 13.4. The molecular formula is C14H23N4O3S-. The lowest BCUT2D eigenvalue weighted by molar-refractivity contribution is -0.142. The molecule has 0 unspecified atom stereocenters. The molecular weight excluding hydrogens is 304 g/mol. The summed E-state index contributed by atoms with van der Waals surface area (Å²) in [6.45, 7) is 4.54. The molecule has 0 saturated heterocycles. The quantitative estimate of drug-likeness (QED) is 0.778. The second-order valence-corrected chi connectivity index (χ2v) is 6.14. The molecule has 0 radical (unpaired) electrons. The first-order valence-corrected chi connectivity index (χ1v) is 7.95. The number of nitrogens with one attached hydrogen (secondary N) is 2. The Hall–Kier alpha value is -1.67. The summed E-state index contributed by atoms with van der Waals surface area (Å²) in [5.41, 5.74) is 8.01. The minimum atomic E-state index is -0.792. The predicted octanol–water partition coefficient (Wildman–Crippen LogP) is 2.39. The summed E-state index contributed by atoms with van der Waals surface area (Å²) in [4.78, 5) is 29.6. The molecule has 0 aromatic carbocycles. The molecule has 1 rings (SSSR count). The average molecular weight is 327 g/mol. The molecule has 7 nitrogen and oxygen atoms in total. The van der Waals surface area contributed by atoms with Crippen LogP contribution in [0.25, 0.3) is 5.73 Å². The SMILES string of the molecule is COC(=O)[C@H](CC[NH-])NC(=O)N(C)Cc1csc(C(C)C)n1. The zero-order valence-corrected chi connectivity index (χ0v) is 14.2. The lowest BCUT2D eigenvalue weighted by Crippen LogP contribution is -2.47. The van der Waals surface area contributed by atoms with Crippen LogP contribution in [0.15, 0.2) is 5.38 Å². The standard InChI is InChI=1S/C14H23N4O3S/c1-9(2)12-16-10(8-22-12)7-18(3)14(20)17-11(5-6-15)13(19)21-4/h8-9,11,15H,5-7H2,1-4H3,(H,17,20)/q-1/t11-/m0/s1. The molecule has 0 spiro atoms. The van der Waals surface area contributed by atoms with Crippen molar-refractivity contribution in [3.63, 3.8) is 0 Å². The van der Waals surface area contributed by atoms with Gasteiger partial charge < -0.3 is 20.7 Å². The van der Waals surface area contributed by atoms with Crippen molar-refractivity contribution in [2.45, 2.75) is 38.8 Å². The van der Waals surface area contributed by atoms with Gasteiger partial charge in [-0.25, -0.2) is 14.6 Å². The lowest BCUT2D eigenvalue weighted by Gasteiger charge is -2.22. The number of aromatic nitrogens is 1. The second kappa shape index (κ2) is 8.70. The van der Waals surface area contributed by atoms with E-state index in [0.29, 0.717) is 12.5 Å². The van der Waals surface area contributed by atoms with Crippen LogP contribution in [0.4, 0.5) is 4.79 Å². The van der Waals surface area contributed by atoms with E-state index in [0.717, 1.165) is 10.7 Å². The first-order chi connectivity index (χ1) is 10.4. The summed E-state index contributed by atoms with van der Waals surface area (Å²) in [5.74, 6) is -0.177. The van der Waals surface area contributed by atoms with Crippen molar-refractivity contribution in [3.8, 4) is 0 Å². The predicted molar refractivity (Wildman–Crippen MR) is 85.8 cm³/mol. The first-order valence-electron chi connectivity index (χ1n) is 7.07. The molecule has 0 fully saturated rings. The van der Waals surface area contributed by atoms with E-state index in [4.69, 9.17) is 5.73 Å². The molecule has 1 aromatic rings. The third-order valence-corrected chi connectivity index (χ3v) is 4.22. The van der Waals surface area contributed by atoms with Gasteiger partial charge in [0.15, 0.2) is 0 Å². The largest absolute Gasteiger partial charge is 0.677 e. The van der Waals surface area contributed by atoms with Crippen LogP contribution >= 0.6 is 11.3 Å². The van der Waals surface area contributed by atoms with Crippen LogP contribution in [0.2, 0.25) is 0 Å². The molecule has 0 aliphatic rings. The van der Waals surface area contributed by atoms with Crippen molar-refractivity contribution in [1.82, 2.24) is 15.2 Å². The number of amides is 2. The third kappa shape index (κ3) is 5.27. The summed E-state index contributed by atoms with van der Waals surface area (Å²) in [5, 5.41) is 5.55. The molecule has 0 bridgehead atoms. The van der Waals surface area contributed by atoms with Crippen LogP contribution in [-0.4, -0.2) is 48.6 Å². The Morgan fingerprint density at radius 3 is 2.68 bits per heavy atom. The number of ether oxygens (including phenoxy) is 1. The molecule has 1 atom stereocenters. The number of carbonyl (C=O) groups excluding carboxylic acids is 2. The molecule has 124 valence electrons. The number of nitrogens with zero attached hydrogens (tertiary/aromatic N) is 2. The lowest BCUT2D eigenvalue weighted by atomic mass is 10.2. The Labute approximate surface area is 134 Å². The molecule has 0 aliphatic heterocycles. The van der Waals surface area contributed by atoms with Gasteiger partial charge in [-0.3, -0.25) is 0 Å². The highest BCUT2D eigenvalue weighted by atomic mass is 32.1. The minimum Gasteiger partial charge on any atom is -0.677 e.